The molecular formula is C13H11BrClFN2O. The lowest BCUT2D eigenvalue weighted by molar-refractivity contribution is 0.444. The number of aromatic nitrogens is 2. The molecule has 1 heterocycles. The summed E-state index contributed by atoms with van der Waals surface area (Å²) >= 11 is 9.34. The summed E-state index contributed by atoms with van der Waals surface area (Å²) in [4.78, 5) is 8.00. The van der Waals surface area contributed by atoms with Crippen LogP contribution in [0.15, 0.2) is 29.0 Å². The summed E-state index contributed by atoms with van der Waals surface area (Å²) in [6.45, 7) is 3.91. The Kier molecular flexibility index (Phi) is 4.37. The quantitative estimate of drug-likeness (QED) is 0.738. The third-order valence-corrected chi connectivity index (χ3v) is 3.43. The summed E-state index contributed by atoms with van der Waals surface area (Å²) in [7, 11) is 0. The highest BCUT2D eigenvalue weighted by molar-refractivity contribution is 9.10. The monoisotopic (exact) mass is 344 g/mol. The molecule has 0 aliphatic carbocycles. The van der Waals surface area contributed by atoms with Gasteiger partial charge in [-0.3, -0.25) is 0 Å². The van der Waals surface area contributed by atoms with Gasteiger partial charge in [0.2, 0.25) is 5.88 Å². The third-order valence-electron chi connectivity index (χ3n) is 2.48. The van der Waals surface area contributed by atoms with E-state index in [-0.39, 0.29) is 11.7 Å². The fraction of sp³-hybridized carbons (Fsp3) is 0.231. The maximum Gasteiger partial charge on any atom is 0.227 e. The van der Waals surface area contributed by atoms with Crippen molar-refractivity contribution < 1.29 is 9.13 Å². The van der Waals surface area contributed by atoms with Crippen molar-refractivity contribution in [3.05, 3.63) is 45.5 Å². The Labute approximate surface area is 123 Å². The fourth-order valence-corrected chi connectivity index (χ4v) is 2.26. The molecular weight excluding hydrogens is 335 g/mol. The average Bonchev–Trinajstić information content (AvgIpc) is 2.33. The van der Waals surface area contributed by atoms with Crippen molar-refractivity contribution in [3.63, 3.8) is 0 Å². The summed E-state index contributed by atoms with van der Waals surface area (Å²) in [6.07, 6.45) is 1.32. The van der Waals surface area contributed by atoms with Gasteiger partial charge in [-0.15, -0.1) is 0 Å². The number of hydrogen-bond donors (Lipinski definition) is 0. The lowest BCUT2D eigenvalue weighted by Crippen LogP contribution is -2.00. The molecule has 0 radical (unpaired) electrons. The van der Waals surface area contributed by atoms with E-state index < -0.39 is 0 Å². The van der Waals surface area contributed by atoms with Crippen molar-refractivity contribution in [3.8, 4) is 11.6 Å². The lowest BCUT2D eigenvalue weighted by atomic mass is 10.1. The van der Waals surface area contributed by atoms with Crippen LogP contribution in [-0.4, -0.2) is 9.97 Å². The highest BCUT2D eigenvalue weighted by Crippen LogP contribution is 2.35. The fourth-order valence-electron chi connectivity index (χ4n) is 1.59. The van der Waals surface area contributed by atoms with E-state index in [4.69, 9.17) is 16.3 Å². The van der Waals surface area contributed by atoms with Crippen LogP contribution >= 0.6 is 27.5 Å². The van der Waals surface area contributed by atoms with Gasteiger partial charge in [0.05, 0.1) is 10.0 Å². The minimum atomic E-state index is -0.385. The molecule has 0 saturated carbocycles. The molecule has 1 aromatic carbocycles. The second-order valence-electron chi connectivity index (χ2n) is 4.21. The number of halogens is 3. The van der Waals surface area contributed by atoms with Gasteiger partial charge < -0.3 is 4.74 Å². The Morgan fingerprint density at radius 2 is 2.05 bits per heavy atom. The first-order chi connectivity index (χ1) is 8.99. The van der Waals surface area contributed by atoms with Crippen LogP contribution in [-0.2, 0) is 0 Å². The topological polar surface area (TPSA) is 35.0 Å². The zero-order valence-corrected chi connectivity index (χ0v) is 12.7. The van der Waals surface area contributed by atoms with Crippen molar-refractivity contribution >= 4 is 27.5 Å². The van der Waals surface area contributed by atoms with E-state index in [1.165, 1.54) is 18.5 Å². The predicted octanol–water partition coefficient (Wildman–Crippen LogP) is 4.95. The minimum absolute atomic E-state index is 0.0936. The summed E-state index contributed by atoms with van der Waals surface area (Å²) < 4.78 is 19.5. The van der Waals surface area contributed by atoms with Gasteiger partial charge in [0.1, 0.15) is 23.0 Å². The van der Waals surface area contributed by atoms with Crippen molar-refractivity contribution in [2.75, 3.05) is 0 Å². The molecule has 2 rings (SSSR count). The van der Waals surface area contributed by atoms with Crippen LogP contribution < -0.4 is 4.74 Å². The number of nitrogens with zero attached hydrogens (tertiary/aromatic N) is 2. The van der Waals surface area contributed by atoms with E-state index in [0.29, 0.717) is 26.8 Å². The van der Waals surface area contributed by atoms with Crippen LogP contribution in [0.5, 0.6) is 11.6 Å². The van der Waals surface area contributed by atoms with Crippen molar-refractivity contribution in [2.24, 2.45) is 0 Å². The van der Waals surface area contributed by atoms with Gasteiger partial charge in [0.25, 0.3) is 0 Å². The molecule has 0 N–H and O–H groups in total. The normalized spacial score (nSPS) is 10.8. The van der Waals surface area contributed by atoms with Gasteiger partial charge in [0.15, 0.2) is 0 Å². The second kappa shape index (κ2) is 5.84. The van der Waals surface area contributed by atoms with Crippen LogP contribution in [0.2, 0.25) is 5.15 Å². The van der Waals surface area contributed by atoms with Crippen molar-refractivity contribution in [1.82, 2.24) is 9.97 Å². The minimum Gasteiger partial charge on any atom is -0.437 e. The molecule has 0 aliphatic rings. The summed E-state index contributed by atoms with van der Waals surface area (Å²) in [5, 5.41) is 0.340. The van der Waals surface area contributed by atoms with E-state index >= 15 is 0 Å². The maximum absolute atomic E-state index is 13.2. The number of hydrogen-bond acceptors (Lipinski definition) is 3. The van der Waals surface area contributed by atoms with Gasteiger partial charge in [0, 0.05) is 6.07 Å². The third kappa shape index (κ3) is 3.22. The molecule has 19 heavy (non-hydrogen) atoms. The summed E-state index contributed by atoms with van der Waals surface area (Å²) in [6, 6.07) is 4.19. The molecule has 1 aromatic heterocycles. The van der Waals surface area contributed by atoms with Crippen LogP contribution in [0.4, 0.5) is 4.39 Å². The first-order valence-corrected chi connectivity index (χ1v) is 6.79. The smallest absolute Gasteiger partial charge is 0.227 e. The van der Waals surface area contributed by atoms with Gasteiger partial charge in [-0.05, 0) is 34.0 Å². The Hall–Kier alpha value is -1.20. The van der Waals surface area contributed by atoms with Crippen LogP contribution in [0.3, 0.4) is 0 Å². The van der Waals surface area contributed by atoms with Crippen LogP contribution in [0.25, 0.3) is 0 Å². The molecule has 6 heteroatoms. The first kappa shape index (κ1) is 14.2. The molecule has 0 saturated heterocycles. The van der Waals surface area contributed by atoms with Gasteiger partial charge >= 0.3 is 0 Å². The highest BCUT2D eigenvalue weighted by Gasteiger charge is 2.16. The van der Waals surface area contributed by atoms with Crippen LogP contribution in [0.1, 0.15) is 25.3 Å². The molecule has 0 atom stereocenters. The first-order valence-electron chi connectivity index (χ1n) is 5.62. The molecule has 3 nitrogen and oxygen atoms in total. The average molecular weight is 346 g/mol. The SMILES string of the molecule is CC(C)c1c(Cl)ncnc1Oc1cc(F)ccc1Br. The molecule has 0 aliphatic heterocycles. The van der Waals surface area contributed by atoms with E-state index in [9.17, 15) is 4.39 Å². The molecule has 0 unspecified atom stereocenters. The van der Waals surface area contributed by atoms with E-state index in [0.717, 1.165) is 0 Å². The molecule has 0 amide bonds. The second-order valence-corrected chi connectivity index (χ2v) is 5.43. The zero-order chi connectivity index (χ0) is 14.0. The summed E-state index contributed by atoms with van der Waals surface area (Å²) in [5.41, 5.74) is 0.695. The number of benzene rings is 1. The Balaban J connectivity index is 2.44. The standard InChI is InChI=1S/C13H11BrClFN2O/c1-7(2)11-12(15)17-6-18-13(11)19-10-5-8(16)3-4-9(10)14/h3-7H,1-2H3. The van der Waals surface area contributed by atoms with Crippen LogP contribution in [0, 0.1) is 5.82 Å². The van der Waals surface area contributed by atoms with Gasteiger partial charge in [-0.2, -0.15) is 0 Å². The highest BCUT2D eigenvalue weighted by atomic mass is 79.9. The van der Waals surface area contributed by atoms with E-state index in [1.807, 2.05) is 13.8 Å². The Bertz CT molecular complexity index is 607. The molecule has 0 spiro atoms. The van der Waals surface area contributed by atoms with Crippen molar-refractivity contribution in [2.45, 2.75) is 19.8 Å². The predicted molar refractivity (Wildman–Crippen MR) is 75.3 cm³/mol. The largest absolute Gasteiger partial charge is 0.437 e. The molecule has 0 bridgehead atoms. The van der Waals surface area contributed by atoms with Crippen molar-refractivity contribution in [1.29, 1.82) is 0 Å². The lowest BCUT2D eigenvalue weighted by Gasteiger charge is -2.14. The molecule has 0 fully saturated rings. The number of ether oxygens (including phenoxy) is 1. The Morgan fingerprint density at radius 1 is 1.32 bits per heavy atom. The molecule has 100 valence electrons. The Morgan fingerprint density at radius 3 is 2.74 bits per heavy atom. The molecule has 2 aromatic rings. The zero-order valence-electron chi connectivity index (χ0n) is 10.3. The van der Waals surface area contributed by atoms with E-state index in [2.05, 4.69) is 25.9 Å². The van der Waals surface area contributed by atoms with Gasteiger partial charge in [-0.25, -0.2) is 14.4 Å². The summed E-state index contributed by atoms with van der Waals surface area (Å²) in [5.74, 6) is 0.387. The maximum atomic E-state index is 13.2. The number of rotatable bonds is 3. The van der Waals surface area contributed by atoms with E-state index in [1.54, 1.807) is 6.07 Å². The van der Waals surface area contributed by atoms with Gasteiger partial charge in [-0.1, -0.05) is 25.4 Å².